The molecule has 0 bridgehead atoms. The van der Waals surface area contributed by atoms with Gasteiger partial charge >= 0.3 is 0 Å². The number of aryl methyl sites for hydroxylation is 1. The predicted octanol–water partition coefficient (Wildman–Crippen LogP) is 5.04. The molecule has 148 valence electrons. The summed E-state index contributed by atoms with van der Waals surface area (Å²) in [6.07, 6.45) is 1.49. The Morgan fingerprint density at radius 1 is 0.862 bits per heavy atom. The number of benzene rings is 3. The van der Waals surface area contributed by atoms with Gasteiger partial charge in [-0.2, -0.15) is 9.57 Å². The van der Waals surface area contributed by atoms with E-state index in [2.05, 4.69) is 6.07 Å². The van der Waals surface area contributed by atoms with E-state index in [-0.39, 0.29) is 11.4 Å². The molecule has 0 radical (unpaired) electrons. The third kappa shape index (κ3) is 5.68. The van der Waals surface area contributed by atoms with Gasteiger partial charge in [0, 0.05) is 18.1 Å². The lowest BCUT2D eigenvalue weighted by Crippen LogP contribution is -2.32. The molecule has 3 aromatic rings. The molecule has 0 atom stereocenters. The summed E-state index contributed by atoms with van der Waals surface area (Å²) in [7, 11) is -3.68. The van der Waals surface area contributed by atoms with E-state index >= 15 is 0 Å². The third-order valence-electron chi connectivity index (χ3n) is 4.61. The average molecular weight is 425 g/mol. The fourth-order valence-corrected chi connectivity index (χ4v) is 4.63. The van der Waals surface area contributed by atoms with Crippen molar-refractivity contribution in [1.82, 2.24) is 4.31 Å². The summed E-state index contributed by atoms with van der Waals surface area (Å²) in [6.45, 7) is 0.630. The van der Waals surface area contributed by atoms with Gasteiger partial charge in [0.2, 0.25) is 10.0 Å². The number of nitrogens with zero attached hydrogens (tertiary/aromatic N) is 2. The quantitative estimate of drug-likeness (QED) is 0.509. The van der Waals surface area contributed by atoms with Gasteiger partial charge in [-0.3, -0.25) is 0 Å². The zero-order valence-electron chi connectivity index (χ0n) is 15.8. The Balaban J connectivity index is 1.81. The highest BCUT2D eigenvalue weighted by Gasteiger charge is 2.24. The monoisotopic (exact) mass is 424 g/mol. The average Bonchev–Trinajstić information content (AvgIpc) is 2.74. The minimum Gasteiger partial charge on any atom is -0.207 e. The van der Waals surface area contributed by atoms with Crippen molar-refractivity contribution in [3.63, 3.8) is 0 Å². The van der Waals surface area contributed by atoms with Crippen molar-refractivity contribution in [2.24, 2.45) is 0 Å². The maximum absolute atomic E-state index is 13.2. The Hall–Kier alpha value is -2.65. The van der Waals surface area contributed by atoms with Crippen LogP contribution in [0.1, 0.15) is 23.1 Å². The molecule has 0 aromatic heterocycles. The Morgan fingerprint density at radius 2 is 1.52 bits per heavy atom. The Bertz CT molecular complexity index is 1070. The summed E-state index contributed by atoms with van der Waals surface area (Å²) in [5.41, 5.74) is 2.56. The van der Waals surface area contributed by atoms with Gasteiger partial charge in [0.25, 0.3) is 0 Å². The lowest BCUT2D eigenvalue weighted by Gasteiger charge is -2.22. The largest absolute Gasteiger partial charge is 0.243 e. The van der Waals surface area contributed by atoms with Crippen molar-refractivity contribution in [2.75, 3.05) is 6.54 Å². The topological polar surface area (TPSA) is 61.2 Å². The van der Waals surface area contributed by atoms with E-state index < -0.39 is 10.0 Å². The van der Waals surface area contributed by atoms with Gasteiger partial charge < -0.3 is 0 Å². The first kappa shape index (κ1) is 21.1. The molecule has 0 fully saturated rings. The van der Waals surface area contributed by atoms with E-state index in [1.165, 1.54) is 22.0 Å². The Kier molecular flexibility index (Phi) is 7.05. The van der Waals surface area contributed by atoms with Gasteiger partial charge in [-0.1, -0.05) is 54.1 Å². The smallest absolute Gasteiger partial charge is 0.207 e. The van der Waals surface area contributed by atoms with Crippen LogP contribution in [0, 0.1) is 11.3 Å². The second-order valence-electron chi connectivity index (χ2n) is 6.69. The number of hydrogen-bond donors (Lipinski definition) is 0. The second-order valence-corrected chi connectivity index (χ2v) is 9.06. The Morgan fingerprint density at radius 3 is 2.14 bits per heavy atom. The van der Waals surface area contributed by atoms with Crippen molar-refractivity contribution < 1.29 is 8.42 Å². The summed E-state index contributed by atoms with van der Waals surface area (Å²) in [6, 6.07) is 25.3. The highest BCUT2D eigenvalue weighted by molar-refractivity contribution is 7.89. The van der Waals surface area contributed by atoms with E-state index in [9.17, 15) is 8.42 Å². The van der Waals surface area contributed by atoms with Gasteiger partial charge in [-0.05, 0) is 60.4 Å². The second kappa shape index (κ2) is 9.71. The molecule has 4 nitrogen and oxygen atoms in total. The molecular weight excluding hydrogens is 404 g/mol. The number of nitriles is 1. The first-order chi connectivity index (χ1) is 14.0. The molecule has 0 heterocycles. The minimum atomic E-state index is -3.68. The van der Waals surface area contributed by atoms with Crippen LogP contribution in [0.15, 0.2) is 83.8 Å². The maximum atomic E-state index is 13.2. The van der Waals surface area contributed by atoms with Crippen molar-refractivity contribution in [2.45, 2.75) is 24.3 Å². The molecule has 29 heavy (non-hydrogen) atoms. The molecule has 0 spiro atoms. The third-order valence-corrected chi connectivity index (χ3v) is 6.72. The van der Waals surface area contributed by atoms with Gasteiger partial charge in [0.05, 0.1) is 16.5 Å². The molecule has 6 heteroatoms. The summed E-state index contributed by atoms with van der Waals surface area (Å²) in [5.74, 6) is 0. The van der Waals surface area contributed by atoms with Crippen LogP contribution in [0.2, 0.25) is 5.02 Å². The van der Waals surface area contributed by atoms with Crippen molar-refractivity contribution in [1.29, 1.82) is 5.26 Å². The van der Waals surface area contributed by atoms with E-state index in [0.717, 1.165) is 12.0 Å². The lowest BCUT2D eigenvalue weighted by molar-refractivity contribution is 0.399. The lowest BCUT2D eigenvalue weighted by atomic mass is 10.1. The highest BCUT2D eigenvalue weighted by atomic mass is 35.5. The molecule has 0 saturated heterocycles. The molecule has 0 amide bonds. The van der Waals surface area contributed by atoms with Crippen molar-refractivity contribution >= 4 is 21.6 Å². The van der Waals surface area contributed by atoms with E-state index in [1.807, 2.05) is 30.3 Å². The molecule has 0 saturated carbocycles. The molecule has 3 rings (SSSR count). The van der Waals surface area contributed by atoms with Gasteiger partial charge in [-0.25, -0.2) is 8.42 Å². The first-order valence-corrected chi connectivity index (χ1v) is 11.1. The number of hydrogen-bond acceptors (Lipinski definition) is 3. The summed E-state index contributed by atoms with van der Waals surface area (Å²) in [4.78, 5) is 0.218. The molecule has 0 unspecified atom stereocenters. The molecule has 0 N–H and O–H groups in total. The van der Waals surface area contributed by atoms with Crippen molar-refractivity contribution in [3.05, 3.63) is 101 Å². The molecule has 3 aromatic carbocycles. The normalized spacial score (nSPS) is 11.3. The van der Waals surface area contributed by atoms with Crippen LogP contribution in [0.3, 0.4) is 0 Å². The Labute approximate surface area is 177 Å². The number of sulfonamides is 1. The molecule has 0 aliphatic carbocycles. The number of rotatable bonds is 8. The standard InChI is InChI=1S/C23H21ClN2O2S/c24-22-12-14-23(15-13-22)29(27,28)26(16-4-7-19-5-2-1-3-6-19)18-21-10-8-20(17-25)9-11-21/h1-3,5-6,8-15H,4,7,16,18H2. The van der Waals surface area contributed by atoms with Crippen LogP contribution in [0.25, 0.3) is 0 Å². The summed E-state index contributed by atoms with van der Waals surface area (Å²) in [5, 5.41) is 9.46. The zero-order chi connectivity index (χ0) is 20.7. The predicted molar refractivity (Wildman–Crippen MR) is 115 cm³/mol. The van der Waals surface area contributed by atoms with Gasteiger partial charge in [-0.15, -0.1) is 0 Å². The van der Waals surface area contributed by atoms with Crippen LogP contribution in [-0.2, 0) is 23.0 Å². The summed E-state index contributed by atoms with van der Waals surface area (Å²) >= 11 is 5.92. The van der Waals surface area contributed by atoms with Crippen LogP contribution in [-0.4, -0.2) is 19.3 Å². The summed E-state index contributed by atoms with van der Waals surface area (Å²) < 4.78 is 28.0. The fourth-order valence-electron chi connectivity index (χ4n) is 3.03. The van der Waals surface area contributed by atoms with Crippen LogP contribution in [0.5, 0.6) is 0 Å². The van der Waals surface area contributed by atoms with E-state index in [1.54, 1.807) is 36.4 Å². The highest BCUT2D eigenvalue weighted by Crippen LogP contribution is 2.21. The maximum Gasteiger partial charge on any atom is 0.243 e. The zero-order valence-corrected chi connectivity index (χ0v) is 17.4. The van der Waals surface area contributed by atoms with Crippen LogP contribution >= 0.6 is 11.6 Å². The SMILES string of the molecule is N#Cc1ccc(CN(CCCc2ccccc2)S(=O)(=O)c2ccc(Cl)cc2)cc1. The first-order valence-electron chi connectivity index (χ1n) is 9.28. The molecule has 0 aliphatic rings. The van der Waals surface area contributed by atoms with Gasteiger partial charge in [0.15, 0.2) is 0 Å². The van der Waals surface area contributed by atoms with E-state index in [4.69, 9.17) is 16.9 Å². The molecular formula is C23H21ClN2O2S. The molecule has 0 aliphatic heterocycles. The number of halogens is 1. The fraction of sp³-hybridized carbons (Fsp3) is 0.174. The minimum absolute atomic E-state index is 0.218. The van der Waals surface area contributed by atoms with Crippen LogP contribution in [0.4, 0.5) is 0 Å². The van der Waals surface area contributed by atoms with Crippen LogP contribution < -0.4 is 0 Å². The van der Waals surface area contributed by atoms with Gasteiger partial charge in [0.1, 0.15) is 0 Å². The van der Waals surface area contributed by atoms with E-state index in [0.29, 0.717) is 23.6 Å². The van der Waals surface area contributed by atoms with Crippen molar-refractivity contribution in [3.8, 4) is 6.07 Å².